The molecule has 1 heterocycles. The van der Waals surface area contributed by atoms with Crippen molar-refractivity contribution in [1.29, 1.82) is 5.26 Å². The van der Waals surface area contributed by atoms with E-state index >= 15 is 0 Å². The minimum absolute atomic E-state index is 0.0754. The molecule has 2 aromatic carbocycles. The Balaban J connectivity index is 2.30. The molecule has 0 bridgehead atoms. The largest absolute Gasteiger partial charge is 0.287 e. The molecule has 4 nitrogen and oxygen atoms in total. The fourth-order valence-corrected chi connectivity index (χ4v) is 2.79. The van der Waals surface area contributed by atoms with E-state index in [0.717, 1.165) is 35.0 Å². The summed E-state index contributed by atoms with van der Waals surface area (Å²) < 4.78 is 53.5. The minimum Gasteiger partial charge on any atom is -0.287 e. The molecule has 3 aromatic rings. The van der Waals surface area contributed by atoms with Crippen LogP contribution in [-0.2, 0) is 6.54 Å². The molecular weight excluding hydrogens is 374 g/mol. The Bertz CT molecular complexity index is 1070. The highest BCUT2D eigenvalue weighted by Crippen LogP contribution is 2.28. The summed E-state index contributed by atoms with van der Waals surface area (Å²) in [6.07, 6.45) is -2.83. The lowest BCUT2D eigenvalue weighted by Gasteiger charge is -2.02. The molecule has 0 aliphatic heterocycles. The number of aromatic nitrogens is 2. The summed E-state index contributed by atoms with van der Waals surface area (Å²) in [4.78, 5) is 12.8. The zero-order chi connectivity index (χ0) is 19.0. The number of fused-ring (bicyclic) bond motifs is 1. The zero-order valence-electron chi connectivity index (χ0n) is 12.8. The molecule has 26 heavy (non-hydrogen) atoms. The van der Waals surface area contributed by atoms with Crippen LogP contribution in [0.2, 0.25) is 5.02 Å². The molecule has 0 aliphatic rings. The van der Waals surface area contributed by atoms with Gasteiger partial charge in [0.05, 0.1) is 16.1 Å². The van der Waals surface area contributed by atoms with E-state index in [9.17, 15) is 27.6 Å². The molecule has 9 heteroatoms. The Kier molecular flexibility index (Phi) is 4.66. The number of halogens is 5. The summed E-state index contributed by atoms with van der Waals surface area (Å²) >= 11 is 5.92. The van der Waals surface area contributed by atoms with Crippen molar-refractivity contribution in [2.24, 2.45) is 0 Å². The van der Waals surface area contributed by atoms with Gasteiger partial charge in [-0.05, 0) is 30.3 Å². The van der Waals surface area contributed by atoms with E-state index in [1.807, 2.05) is 0 Å². The van der Waals surface area contributed by atoms with E-state index in [-0.39, 0.29) is 32.7 Å². The third kappa shape index (κ3) is 3.13. The van der Waals surface area contributed by atoms with E-state index in [4.69, 9.17) is 11.6 Å². The van der Waals surface area contributed by atoms with E-state index in [1.165, 1.54) is 0 Å². The van der Waals surface area contributed by atoms with Crippen molar-refractivity contribution < 1.29 is 22.4 Å². The molecule has 0 spiro atoms. The van der Waals surface area contributed by atoms with Crippen LogP contribution in [0.5, 0.6) is 0 Å². The van der Waals surface area contributed by atoms with Crippen LogP contribution < -0.4 is 0 Å². The highest BCUT2D eigenvalue weighted by molar-refractivity contribution is 6.35. The number of ketones is 1. The van der Waals surface area contributed by atoms with Gasteiger partial charge in [-0.25, -0.2) is 17.6 Å². The summed E-state index contributed by atoms with van der Waals surface area (Å²) in [5.74, 6) is -2.44. The maximum atomic E-state index is 13.7. The highest BCUT2D eigenvalue weighted by Gasteiger charge is 2.25. The second-order valence-electron chi connectivity index (χ2n) is 5.33. The van der Waals surface area contributed by atoms with Crippen molar-refractivity contribution in [2.75, 3.05) is 0 Å². The van der Waals surface area contributed by atoms with Crippen molar-refractivity contribution >= 4 is 28.3 Å². The van der Waals surface area contributed by atoms with Crippen LogP contribution in [0.15, 0.2) is 30.3 Å². The third-order valence-corrected chi connectivity index (χ3v) is 3.97. The summed E-state index contributed by atoms with van der Waals surface area (Å²) in [5, 5.41) is 12.9. The normalized spacial score (nSPS) is 11.1. The number of carbonyl (C=O) groups excluding carboxylic acids is 1. The van der Waals surface area contributed by atoms with Gasteiger partial charge in [-0.2, -0.15) is 10.4 Å². The highest BCUT2D eigenvalue weighted by atomic mass is 35.5. The van der Waals surface area contributed by atoms with E-state index in [1.54, 1.807) is 6.07 Å². The van der Waals surface area contributed by atoms with Crippen molar-refractivity contribution in [2.45, 2.75) is 13.0 Å². The number of hydrogen-bond donors (Lipinski definition) is 0. The summed E-state index contributed by atoms with van der Waals surface area (Å²) in [6.45, 7) is -0.908. The van der Waals surface area contributed by atoms with Gasteiger partial charge in [0.1, 0.15) is 29.9 Å². The molecule has 0 N–H and O–H groups in total. The molecule has 0 fully saturated rings. The van der Waals surface area contributed by atoms with E-state index in [0.29, 0.717) is 0 Å². The van der Waals surface area contributed by atoms with Crippen LogP contribution >= 0.6 is 11.6 Å². The molecular formula is C17H8ClF4N3O. The Morgan fingerprint density at radius 2 is 1.96 bits per heavy atom. The van der Waals surface area contributed by atoms with Gasteiger partial charge in [-0.3, -0.25) is 9.48 Å². The number of hydrogen-bond acceptors (Lipinski definition) is 3. The van der Waals surface area contributed by atoms with Crippen molar-refractivity contribution in [1.82, 2.24) is 9.78 Å². The monoisotopic (exact) mass is 381 g/mol. The average Bonchev–Trinajstić information content (AvgIpc) is 2.93. The number of nitriles is 1. The van der Waals surface area contributed by atoms with Gasteiger partial charge >= 0.3 is 0 Å². The number of nitrogens with zero attached hydrogens (tertiary/aromatic N) is 3. The molecule has 0 atom stereocenters. The summed E-state index contributed by atoms with van der Waals surface area (Å²) in [5.41, 5.74) is -1.03. The fourth-order valence-electron chi connectivity index (χ4n) is 2.59. The summed E-state index contributed by atoms with van der Waals surface area (Å²) in [7, 11) is 0. The van der Waals surface area contributed by atoms with Gasteiger partial charge in [0, 0.05) is 10.9 Å². The molecule has 0 unspecified atom stereocenters. The molecule has 132 valence electrons. The molecule has 0 saturated heterocycles. The van der Waals surface area contributed by atoms with Crippen molar-refractivity contribution in [3.8, 4) is 6.07 Å². The number of carbonyl (C=O) groups is 1. The van der Waals surface area contributed by atoms with Gasteiger partial charge in [0.2, 0.25) is 5.78 Å². The number of rotatable bonds is 4. The molecule has 0 saturated carbocycles. The Morgan fingerprint density at radius 3 is 2.62 bits per heavy atom. The standard InChI is InChI=1S/C17H8ClF4N3O/c18-12-2-1-9(19)4-11(12)17(26)16-15-8(6-23)3-10(20)5-13(15)25(24-16)7-14(21)22/h1-5,14H,7H2. The molecule has 3 rings (SSSR count). The third-order valence-electron chi connectivity index (χ3n) is 3.64. The second-order valence-corrected chi connectivity index (χ2v) is 5.74. The zero-order valence-corrected chi connectivity index (χ0v) is 13.6. The SMILES string of the molecule is N#Cc1cc(F)cc2c1c(C(=O)c1cc(F)ccc1Cl)nn2CC(F)F. The topological polar surface area (TPSA) is 58.7 Å². The van der Waals surface area contributed by atoms with Crippen LogP contribution in [0, 0.1) is 23.0 Å². The van der Waals surface area contributed by atoms with E-state index in [2.05, 4.69) is 5.10 Å². The van der Waals surface area contributed by atoms with Gasteiger partial charge in [0.15, 0.2) is 0 Å². The van der Waals surface area contributed by atoms with Crippen LogP contribution in [-0.4, -0.2) is 22.0 Å². The second kappa shape index (κ2) is 6.77. The van der Waals surface area contributed by atoms with Gasteiger partial charge in [0.25, 0.3) is 6.43 Å². The first-order valence-electron chi connectivity index (χ1n) is 7.20. The maximum absolute atomic E-state index is 13.7. The van der Waals surface area contributed by atoms with E-state index < -0.39 is 30.4 Å². The first-order valence-corrected chi connectivity index (χ1v) is 7.57. The first kappa shape index (κ1) is 17.9. The lowest BCUT2D eigenvalue weighted by molar-refractivity contribution is 0.102. The van der Waals surface area contributed by atoms with Crippen LogP contribution in [0.4, 0.5) is 17.6 Å². The Hall–Kier alpha value is -2.92. The predicted octanol–water partition coefficient (Wildman–Crippen LogP) is 4.34. The quantitative estimate of drug-likeness (QED) is 0.499. The lowest BCUT2D eigenvalue weighted by Crippen LogP contribution is -2.10. The molecule has 1 aromatic heterocycles. The molecule has 0 aliphatic carbocycles. The number of alkyl halides is 2. The van der Waals surface area contributed by atoms with Crippen molar-refractivity contribution in [3.05, 3.63) is 63.8 Å². The van der Waals surface area contributed by atoms with Crippen LogP contribution in [0.1, 0.15) is 21.6 Å². The maximum Gasteiger partial charge on any atom is 0.257 e. The van der Waals surface area contributed by atoms with Crippen LogP contribution in [0.3, 0.4) is 0 Å². The van der Waals surface area contributed by atoms with Crippen molar-refractivity contribution in [3.63, 3.8) is 0 Å². The van der Waals surface area contributed by atoms with Gasteiger partial charge in [-0.1, -0.05) is 11.6 Å². The average molecular weight is 382 g/mol. The minimum atomic E-state index is -2.83. The fraction of sp³-hybridized carbons (Fsp3) is 0.118. The summed E-state index contributed by atoms with van der Waals surface area (Å²) in [6, 6.07) is 6.55. The number of benzene rings is 2. The predicted molar refractivity (Wildman–Crippen MR) is 85.3 cm³/mol. The molecule has 0 radical (unpaired) electrons. The first-order chi connectivity index (χ1) is 12.3. The molecule has 0 amide bonds. The smallest absolute Gasteiger partial charge is 0.257 e. The van der Waals surface area contributed by atoms with Gasteiger partial charge < -0.3 is 0 Å². The van der Waals surface area contributed by atoms with Gasteiger partial charge in [-0.15, -0.1) is 0 Å². The van der Waals surface area contributed by atoms with Crippen LogP contribution in [0.25, 0.3) is 10.9 Å². The Labute approximate surface area is 149 Å². The lowest BCUT2D eigenvalue weighted by atomic mass is 10.0. The Morgan fingerprint density at radius 1 is 1.23 bits per heavy atom.